The number of carbonyl (C=O) groups is 1. The van der Waals surface area contributed by atoms with E-state index < -0.39 is 5.54 Å². The summed E-state index contributed by atoms with van der Waals surface area (Å²) in [5.74, 6) is -0.248. The minimum Gasteiger partial charge on any atom is -0.467 e. The van der Waals surface area contributed by atoms with Crippen LogP contribution in [0.4, 0.5) is 5.69 Å². The van der Waals surface area contributed by atoms with Crippen LogP contribution < -0.4 is 5.32 Å². The highest BCUT2D eigenvalue weighted by Gasteiger charge is 2.58. The van der Waals surface area contributed by atoms with E-state index in [1.807, 2.05) is 25.1 Å². The second-order valence-corrected chi connectivity index (χ2v) is 5.69. The molecule has 1 aliphatic rings. The molecule has 0 aromatic heterocycles. The molecule has 2 rings (SSSR count). The Kier molecular flexibility index (Phi) is 3.28. The van der Waals surface area contributed by atoms with Crippen molar-refractivity contribution in [3.63, 3.8) is 0 Å². The van der Waals surface area contributed by atoms with Gasteiger partial charge in [-0.05, 0) is 31.9 Å². The molecule has 4 heteroatoms. The SMILES string of the molecule is COC(=O)C(C)(Nc1ccccc1Cl)C1(C)CC1. The largest absolute Gasteiger partial charge is 0.467 e. The summed E-state index contributed by atoms with van der Waals surface area (Å²) in [6.45, 7) is 3.98. The van der Waals surface area contributed by atoms with Crippen molar-refractivity contribution in [3.8, 4) is 0 Å². The molecule has 1 unspecified atom stereocenters. The number of carbonyl (C=O) groups excluding carboxylic acids is 1. The maximum atomic E-state index is 12.1. The zero-order chi connectivity index (χ0) is 13.4. The van der Waals surface area contributed by atoms with E-state index >= 15 is 0 Å². The van der Waals surface area contributed by atoms with Crippen LogP contribution >= 0.6 is 11.6 Å². The smallest absolute Gasteiger partial charge is 0.331 e. The number of nitrogens with one attached hydrogen (secondary N) is 1. The minimum atomic E-state index is -0.743. The monoisotopic (exact) mass is 267 g/mol. The van der Waals surface area contributed by atoms with Gasteiger partial charge in [-0.3, -0.25) is 0 Å². The first-order chi connectivity index (χ1) is 8.43. The van der Waals surface area contributed by atoms with Gasteiger partial charge in [-0.25, -0.2) is 4.79 Å². The number of anilines is 1. The molecule has 1 aromatic carbocycles. The quantitative estimate of drug-likeness (QED) is 0.849. The first kappa shape index (κ1) is 13.2. The van der Waals surface area contributed by atoms with E-state index in [0.29, 0.717) is 5.02 Å². The second kappa shape index (κ2) is 4.47. The molecular weight excluding hydrogens is 250 g/mol. The van der Waals surface area contributed by atoms with Crippen LogP contribution in [-0.2, 0) is 9.53 Å². The van der Waals surface area contributed by atoms with Crippen LogP contribution in [0.2, 0.25) is 5.02 Å². The summed E-state index contributed by atoms with van der Waals surface area (Å²) in [6, 6.07) is 7.43. The molecule has 0 saturated heterocycles. The van der Waals surface area contributed by atoms with Gasteiger partial charge in [-0.15, -0.1) is 0 Å². The van der Waals surface area contributed by atoms with E-state index in [1.54, 1.807) is 6.07 Å². The van der Waals surface area contributed by atoms with Gasteiger partial charge < -0.3 is 10.1 Å². The van der Waals surface area contributed by atoms with Crippen molar-refractivity contribution >= 4 is 23.3 Å². The van der Waals surface area contributed by atoms with Crippen molar-refractivity contribution < 1.29 is 9.53 Å². The Morgan fingerprint density at radius 2 is 2.06 bits per heavy atom. The molecule has 0 aliphatic heterocycles. The fraction of sp³-hybridized carbons (Fsp3) is 0.500. The predicted molar refractivity (Wildman–Crippen MR) is 72.8 cm³/mol. The van der Waals surface area contributed by atoms with Crippen molar-refractivity contribution in [2.45, 2.75) is 32.2 Å². The Balaban J connectivity index is 2.32. The van der Waals surface area contributed by atoms with Crippen molar-refractivity contribution in [1.82, 2.24) is 0 Å². The maximum absolute atomic E-state index is 12.1. The Labute approximate surface area is 112 Å². The van der Waals surface area contributed by atoms with E-state index in [1.165, 1.54) is 7.11 Å². The molecular formula is C14H18ClNO2. The maximum Gasteiger partial charge on any atom is 0.331 e. The predicted octanol–water partition coefficient (Wildman–Crippen LogP) is 3.48. The van der Waals surface area contributed by atoms with Crippen LogP contribution in [0.5, 0.6) is 0 Å². The normalized spacial score (nSPS) is 19.8. The molecule has 1 aromatic rings. The lowest BCUT2D eigenvalue weighted by atomic mass is 9.83. The highest BCUT2D eigenvalue weighted by Crippen LogP contribution is 2.55. The Hall–Kier alpha value is -1.22. The second-order valence-electron chi connectivity index (χ2n) is 5.28. The average molecular weight is 268 g/mol. The van der Waals surface area contributed by atoms with Gasteiger partial charge in [0.15, 0.2) is 0 Å². The molecule has 0 heterocycles. The van der Waals surface area contributed by atoms with Crippen LogP contribution in [0, 0.1) is 5.41 Å². The third kappa shape index (κ3) is 2.07. The highest BCUT2D eigenvalue weighted by molar-refractivity contribution is 6.33. The molecule has 18 heavy (non-hydrogen) atoms. The Morgan fingerprint density at radius 1 is 1.44 bits per heavy atom. The van der Waals surface area contributed by atoms with Crippen molar-refractivity contribution in [2.75, 3.05) is 12.4 Å². The molecule has 1 atom stereocenters. The number of halogens is 1. The third-order valence-corrected chi connectivity index (χ3v) is 4.39. The Morgan fingerprint density at radius 3 is 2.56 bits per heavy atom. The van der Waals surface area contributed by atoms with Gasteiger partial charge >= 0.3 is 5.97 Å². The molecule has 1 fully saturated rings. The fourth-order valence-electron chi connectivity index (χ4n) is 2.17. The van der Waals surface area contributed by atoms with Gasteiger partial charge in [0.05, 0.1) is 17.8 Å². The molecule has 0 bridgehead atoms. The van der Waals surface area contributed by atoms with Gasteiger partial charge in [0.1, 0.15) is 5.54 Å². The van der Waals surface area contributed by atoms with Crippen LogP contribution in [0.15, 0.2) is 24.3 Å². The molecule has 1 aliphatic carbocycles. The number of benzene rings is 1. The van der Waals surface area contributed by atoms with Crippen molar-refractivity contribution in [1.29, 1.82) is 0 Å². The fourth-order valence-corrected chi connectivity index (χ4v) is 2.35. The van der Waals surface area contributed by atoms with Crippen molar-refractivity contribution in [3.05, 3.63) is 29.3 Å². The van der Waals surface area contributed by atoms with Crippen LogP contribution in [0.3, 0.4) is 0 Å². The minimum absolute atomic E-state index is 0.0702. The Bertz CT molecular complexity index is 471. The number of esters is 1. The van der Waals surface area contributed by atoms with E-state index in [4.69, 9.17) is 16.3 Å². The summed E-state index contributed by atoms with van der Waals surface area (Å²) < 4.78 is 4.95. The summed E-state index contributed by atoms with van der Waals surface area (Å²) in [7, 11) is 1.42. The van der Waals surface area contributed by atoms with Gasteiger partial charge in [0, 0.05) is 5.41 Å². The number of hydrogen-bond donors (Lipinski definition) is 1. The van der Waals surface area contributed by atoms with Gasteiger partial charge in [0.25, 0.3) is 0 Å². The molecule has 1 N–H and O–H groups in total. The highest BCUT2D eigenvalue weighted by atomic mass is 35.5. The molecule has 3 nitrogen and oxygen atoms in total. The van der Waals surface area contributed by atoms with Crippen LogP contribution in [0.25, 0.3) is 0 Å². The van der Waals surface area contributed by atoms with E-state index in [0.717, 1.165) is 18.5 Å². The topological polar surface area (TPSA) is 38.3 Å². The molecule has 98 valence electrons. The third-order valence-electron chi connectivity index (χ3n) is 4.06. The molecule has 0 radical (unpaired) electrons. The zero-order valence-electron chi connectivity index (χ0n) is 10.9. The van der Waals surface area contributed by atoms with E-state index in [-0.39, 0.29) is 11.4 Å². The number of para-hydroxylation sites is 1. The summed E-state index contributed by atoms with van der Waals surface area (Å²) in [5.41, 5.74) is -0.0494. The lowest BCUT2D eigenvalue weighted by Crippen LogP contribution is -2.51. The van der Waals surface area contributed by atoms with Crippen molar-refractivity contribution in [2.24, 2.45) is 5.41 Å². The van der Waals surface area contributed by atoms with Gasteiger partial charge in [-0.2, -0.15) is 0 Å². The average Bonchev–Trinajstić information content (AvgIpc) is 3.10. The zero-order valence-corrected chi connectivity index (χ0v) is 11.7. The molecule has 1 saturated carbocycles. The summed E-state index contributed by atoms with van der Waals surface area (Å²) in [5, 5.41) is 3.88. The van der Waals surface area contributed by atoms with Gasteiger partial charge in [0.2, 0.25) is 0 Å². The summed E-state index contributed by atoms with van der Waals surface area (Å²) in [6.07, 6.45) is 2.02. The number of methoxy groups -OCH3 is 1. The van der Waals surface area contributed by atoms with Crippen LogP contribution in [-0.4, -0.2) is 18.6 Å². The lowest BCUT2D eigenvalue weighted by molar-refractivity contribution is -0.147. The summed E-state index contributed by atoms with van der Waals surface area (Å²) in [4.78, 5) is 12.1. The number of hydrogen-bond acceptors (Lipinski definition) is 3. The first-order valence-electron chi connectivity index (χ1n) is 6.04. The van der Waals surface area contributed by atoms with Crippen LogP contribution in [0.1, 0.15) is 26.7 Å². The standard InChI is InChI=1S/C14H18ClNO2/c1-13(8-9-13)14(2,12(17)18-3)16-11-7-5-4-6-10(11)15/h4-7,16H,8-9H2,1-3H3. The number of ether oxygens (including phenoxy) is 1. The lowest BCUT2D eigenvalue weighted by Gasteiger charge is -2.35. The van der Waals surface area contributed by atoms with E-state index in [2.05, 4.69) is 12.2 Å². The molecule has 0 amide bonds. The summed E-state index contributed by atoms with van der Waals surface area (Å²) >= 11 is 6.13. The first-order valence-corrected chi connectivity index (χ1v) is 6.42. The molecule has 0 spiro atoms. The van der Waals surface area contributed by atoms with Gasteiger partial charge in [-0.1, -0.05) is 30.7 Å². The number of rotatable bonds is 4. The van der Waals surface area contributed by atoms with E-state index in [9.17, 15) is 4.79 Å².